The van der Waals surface area contributed by atoms with Crippen molar-refractivity contribution in [1.29, 1.82) is 0 Å². The highest BCUT2D eigenvalue weighted by Crippen LogP contribution is 2.12. The molecule has 0 aliphatic rings. The molecule has 0 spiro atoms. The predicted octanol–water partition coefficient (Wildman–Crippen LogP) is -0.0910. The summed E-state index contributed by atoms with van der Waals surface area (Å²) in [5.41, 5.74) is 18.2. The van der Waals surface area contributed by atoms with Gasteiger partial charge in [-0.25, -0.2) is 0 Å². The molecule has 0 fully saturated rings. The third kappa shape index (κ3) is 18.9. The molecule has 7 amide bonds. The number of amides is 7. The van der Waals surface area contributed by atoms with Gasteiger partial charge in [0.25, 0.3) is 0 Å². The van der Waals surface area contributed by atoms with Crippen LogP contribution >= 0.6 is 0 Å². The van der Waals surface area contributed by atoms with Gasteiger partial charge in [-0.3, -0.25) is 38.4 Å². The Balaban J connectivity index is 2.37. The summed E-state index contributed by atoms with van der Waals surface area (Å²) in [6.45, 7) is 8.73. The fourth-order valence-corrected chi connectivity index (χ4v) is 6.26. The van der Waals surface area contributed by atoms with E-state index >= 15 is 0 Å². The zero-order valence-corrected chi connectivity index (χ0v) is 35.8. The molecule has 2 rings (SSSR count). The summed E-state index contributed by atoms with van der Waals surface area (Å²) in [6, 6.07) is 9.36. The minimum atomic E-state index is -1.27. The first kappa shape index (κ1) is 51.3. The van der Waals surface area contributed by atoms with Gasteiger partial charge in [0.15, 0.2) is 0 Å². The quantitative estimate of drug-likeness (QED) is 0.0530. The van der Waals surface area contributed by atoms with E-state index in [0.717, 1.165) is 0 Å². The van der Waals surface area contributed by atoms with E-state index in [1.165, 1.54) is 6.92 Å². The van der Waals surface area contributed by atoms with Crippen molar-refractivity contribution in [1.82, 2.24) is 31.9 Å². The van der Waals surface area contributed by atoms with E-state index in [1.54, 1.807) is 74.5 Å². The fourth-order valence-electron chi connectivity index (χ4n) is 6.26. The van der Waals surface area contributed by atoms with Crippen LogP contribution in [-0.2, 0) is 51.2 Å². The molecule has 0 heterocycles. The van der Waals surface area contributed by atoms with Gasteiger partial charge in [-0.15, -0.1) is 0 Å². The van der Waals surface area contributed by atoms with Crippen molar-refractivity contribution < 1.29 is 43.5 Å². The number of aliphatic carboxylic acids is 1. The Labute approximate surface area is 357 Å². The number of primary amides is 1. The third-order valence-corrected chi connectivity index (χ3v) is 9.77. The fraction of sp³-hybridized carbons (Fsp3) is 0.535. The smallest absolute Gasteiger partial charge is 0.325 e. The molecule has 0 aromatic heterocycles. The molecule has 0 saturated heterocycles. The van der Waals surface area contributed by atoms with E-state index in [0.29, 0.717) is 30.5 Å². The number of unbranched alkanes of at least 4 members (excludes halogenated alkanes) is 1. The van der Waals surface area contributed by atoms with Crippen LogP contribution in [0.2, 0.25) is 0 Å². The molecule has 61 heavy (non-hydrogen) atoms. The minimum absolute atomic E-state index is 0.00212. The van der Waals surface area contributed by atoms with Crippen molar-refractivity contribution in [2.75, 3.05) is 6.54 Å². The average molecular weight is 852 g/mol. The number of nitrogens with one attached hydrogen (secondary N) is 6. The van der Waals surface area contributed by atoms with Crippen molar-refractivity contribution in [3.8, 4) is 0 Å². The lowest BCUT2D eigenvalue weighted by Gasteiger charge is -2.29. The summed E-state index contributed by atoms with van der Waals surface area (Å²) < 4.78 is 0. The molecule has 0 saturated carbocycles. The molecular formula is C43H65N9O9. The molecule has 13 N–H and O–H groups in total. The van der Waals surface area contributed by atoms with E-state index in [9.17, 15) is 43.5 Å². The topological polar surface area (TPSA) is 307 Å². The average Bonchev–Trinajstić information content (AvgIpc) is 3.20. The zero-order chi connectivity index (χ0) is 45.6. The number of carboxylic acid groups (broad SMARTS) is 1. The second-order valence-electron chi connectivity index (χ2n) is 15.9. The monoisotopic (exact) mass is 851 g/mol. The first-order chi connectivity index (χ1) is 28.8. The summed E-state index contributed by atoms with van der Waals surface area (Å²) in [5, 5.41) is 25.4. The van der Waals surface area contributed by atoms with Gasteiger partial charge in [0.2, 0.25) is 41.4 Å². The first-order valence-corrected chi connectivity index (χ1v) is 20.7. The maximum atomic E-state index is 14.1. The second-order valence-corrected chi connectivity index (χ2v) is 15.9. The first-order valence-electron chi connectivity index (χ1n) is 20.7. The summed E-state index contributed by atoms with van der Waals surface area (Å²) in [7, 11) is 0. The summed E-state index contributed by atoms with van der Waals surface area (Å²) >= 11 is 0. The summed E-state index contributed by atoms with van der Waals surface area (Å²) in [4.78, 5) is 105. The standard InChI is InChI=1S/C43H65N9O9/c1-25(2)22-32(49-38(55)31(18-12-13-21-44)48-37(54)30(45)19-20-35(46)53)41(58)52-36(26(3)4)42(59)51-34(24-29-16-10-7-11-17-29)40(57)50-33(23-28-14-8-6-9-15-28)39(56)47-27(5)43(60)61/h6-11,14-17,25-27,30-34,36H,12-13,18-24,44-45H2,1-5H3,(H2,46,53)(H,47,56)(H,48,54)(H,49,55)(H,50,57)(H,51,59)(H,52,58)(H,60,61). The van der Waals surface area contributed by atoms with Gasteiger partial charge in [0.1, 0.15) is 36.3 Å². The molecule has 0 aliphatic carbocycles. The van der Waals surface area contributed by atoms with Crippen LogP contribution in [0.4, 0.5) is 0 Å². The van der Waals surface area contributed by atoms with Gasteiger partial charge in [0.05, 0.1) is 6.04 Å². The Morgan fingerprint density at radius 3 is 1.51 bits per heavy atom. The lowest BCUT2D eigenvalue weighted by atomic mass is 9.98. The number of benzene rings is 2. The van der Waals surface area contributed by atoms with Crippen molar-refractivity contribution in [3.05, 3.63) is 71.8 Å². The molecule has 0 bridgehead atoms. The molecule has 7 atom stereocenters. The van der Waals surface area contributed by atoms with Gasteiger partial charge in [-0.2, -0.15) is 0 Å². The maximum absolute atomic E-state index is 14.1. The Morgan fingerprint density at radius 1 is 0.574 bits per heavy atom. The second kappa shape index (κ2) is 26.4. The highest BCUT2D eigenvalue weighted by molar-refractivity contribution is 5.97. The Kier molecular flexibility index (Phi) is 22.1. The summed E-state index contributed by atoms with van der Waals surface area (Å²) in [5.74, 6) is -6.72. The van der Waals surface area contributed by atoms with Crippen molar-refractivity contribution in [3.63, 3.8) is 0 Å². The van der Waals surface area contributed by atoms with Crippen molar-refractivity contribution in [2.45, 2.75) is 128 Å². The van der Waals surface area contributed by atoms with E-state index in [2.05, 4.69) is 31.9 Å². The molecule has 0 radical (unpaired) electrons. The van der Waals surface area contributed by atoms with Crippen LogP contribution in [0.15, 0.2) is 60.7 Å². The number of nitrogens with two attached hydrogens (primary N) is 3. The molecule has 2 aromatic carbocycles. The van der Waals surface area contributed by atoms with Gasteiger partial charge in [0, 0.05) is 19.3 Å². The van der Waals surface area contributed by atoms with Gasteiger partial charge in [-0.1, -0.05) is 88.4 Å². The van der Waals surface area contributed by atoms with E-state index in [1.807, 2.05) is 13.8 Å². The third-order valence-electron chi connectivity index (χ3n) is 9.77. The number of carbonyl (C=O) groups is 8. The minimum Gasteiger partial charge on any atom is -0.480 e. The van der Waals surface area contributed by atoms with E-state index in [-0.39, 0.29) is 44.4 Å². The van der Waals surface area contributed by atoms with E-state index in [4.69, 9.17) is 17.2 Å². The molecule has 2 aromatic rings. The van der Waals surface area contributed by atoms with Crippen LogP contribution < -0.4 is 49.1 Å². The molecule has 18 heteroatoms. The van der Waals surface area contributed by atoms with Crippen molar-refractivity contribution in [2.24, 2.45) is 29.0 Å². The van der Waals surface area contributed by atoms with Crippen molar-refractivity contribution >= 4 is 47.3 Å². The number of hydrogen-bond donors (Lipinski definition) is 10. The molecule has 336 valence electrons. The van der Waals surface area contributed by atoms with Crippen LogP contribution in [0.5, 0.6) is 0 Å². The Morgan fingerprint density at radius 2 is 1.03 bits per heavy atom. The number of rotatable bonds is 27. The van der Waals surface area contributed by atoms with Crippen LogP contribution in [-0.4, -0.2) is 101 Å². The zero-order valence-electron chi connectivity index (χ0n) is 35.8. The summed E-state index contributed by atoms with van der Waals surface area (Å²) in [6.07, 6.45) is 1.23. The van der Waals surface area contributed by atoms with Crippen LogP contribution in [0.1, 0.15) is 84.3 Å². The highest BCUT2D eigenvalue weighted by atomic mass is 16.4. The van der Waals surface area contributed by atoms with Crippen LogP contribution in [0.3, 0.4) is 0 Å². The largest absolute Gasteiger partial charge is 0.480 e. The molecule has 0 aliphatic heterocycles. The van der Waals surface area contributed by atoms with Gasteiger partial charge in [-0.05, 0) is 68.5 Å². The number of carboxylic acids is 1. The SMILES string of the molecule is CC(C)CC(NC(=O)C(CCCCN)NC(=O)C(N)CCC(N)=O)C(=O)NC(C(=O)NC(Cc1ccccc1)C(=O)NC(Cc1ccccc1)C(=O)NC(C)C(=O)O)C(C)C. The predicted molar refractivity (Wildman–Crippen MR) is 229 cm³/mol. The molecule has 18 nitrogen and oxygen atoms in total. The normalized spacial score (nSPS) is 14.6. The number of carbonyl (C=O) groups excluding carboxylic acids is 7. The lowest BCUT2D eigenvalue weighted by Crippen LogP contribution is -2.61. The maximum Gasteiger partial charge on any atom is 0.325 e. The molecule has 7 unspecified atom stereocenters. The molecular weight excluding hydrogens is 787 g/mol. The lowest BCUT2D eigenvalue weighted by molar-refractivity contribution is -0.141. The Bertz CT molecular complexity index is 1760. The van der Waals surface area contributed by atoms with Crippen LogP contribution in [0.25, 0.3) is 0 Å². The van der Waals surface area contributed by atoms with E-state index < -0.39 is 95.5 Å². The highest BCUT2D eigenvalue weighted by Gasteiger charge is 2.35. The van der Waals surface area contributed by atoms with Gasteiger partial charge >= 0.3 is 5.97 Å². The number of hydrogen-bond acceptors (Lipinski definition) is 10. The Hall–Kier alpha value is -5.88. The van der Waals surface area contributed by atoms with Gasteiger partial charge < -0.3 is 54.2 Å². The van der Waals surface area contributed by atoms with Crippen LogP contribution in [0, 0.1) is 11.8 Å².